The van der Waals surface area contributed by atoms with Gasteiger partial charge in [-0.1, -0.05) is 0 Å². The number of halogens is 2. The van der Waals surface area contributed by atoms with Crippen LogP contribution in [0.2, 0.25) is 0 Å². The van der Waals surface area contributed by atoms with Crippen LogP contribution in [-0.4, -0.2) is 65.5 Å². The number of rotatable bonds is 2. The van der Waals surface area contributed by atoms with E-state index in [-0.39, 0.29) is 17.5 Å². The molecule has 1 aromatic rings. The topological polar surface area (TPSA) is 52.7 Å². The molecule has 1 N–H and O–H groups in total. The van der Waals surface area contributed by atoms with Gasteiger partial charge in [-0.25, -0.2) is 8.78 Å². The maximum Gasteiger partial charge on any atom is 0.256 e. The first kappa shape index (κ1) is 17.2. The Balaban J connectivity index is 1.65. The molecule has 0 radical (unpaired) electrons. The molecule has 3 rings (SSSR count). The van der Waals surface area contributed by atoms with Gasteiger partial charge >= 0.3 is 0 Å². The normalized spacial score (nSPS) is 21.7. The molecule has 8 heteroatoms. The number of nitrogens with one attached hydrogen (secondary N) is 1. The Labute approximate surface area is 143 Å². The van der Waals surface area contributed by atoms with Crippen LogP contribution in [0.25, 0.3) is 0 Å². The molecule has 1 unspecified atom stereocenters. The Hall–Kier alpha value is -1.67. The second-order valence-corrected chi connectivity index (χ2v) is 6.90. The second kappa shape index (κ2) is 7.48. The van der Waals surface area contributed by atoms with Gasteiger partial charge < -0.3 is 9.80 Å². The van der Waals surface area contributed by atoms with Crippen LogP contribution in [0.15, 0.2) is 18.2 Å². The standard InChI is InChI=1S/C16H19F2N3O2S/c17-11-2-3-13(18)12(8-11)15(22)20-4-1-5-21(7-6-20)16(23)14-9-24-10-19-14/h2-3,8,14,19H,1,4-7,9-10H2. The summed E-state index contributed by atoms with van der Waals surface area (Å²) in [6.45, 7) is 1.72. The summed E-state index contributed by atoms with van der Waals surface area (Å²) in [6.07, 6.45) is 0.619. The van der Waals surface area contributed by atoms with Crippen molar-refractivity contribution in [2.24, 2.45) is 0 Å². The highest BCUT2D eigenvalue weighted by atomic mass is 32.2. The Morgan fingerprint density at radius 2 is 1.88 bits per heavy atom. The van der Waals surface area contributed by atoms with Crippen molar-refractivity contribution in [2.75, 3.05) is 37.8 Å². The average molecular weight is 355 g/mol. The van der Waals surface area contributed by atoms with Crippen molar-refractivity contribution in [3.8, 4) is 0 Å². The molecule has 24 heavy (non-hydrogen) atoms. The van der Waals surface area contributed by atoms with Gasteiger partial charge in [-0.15, -0.1) is 11.8 Å². The number of hydrogen-bond acceptors (Lipinski definition) is 4. The van der Waals surface area contributed by atoms with Gasteiger partial charge in [-0.2, -0.15) is 0 Å². The van der Waals surface area contributed by atoms with Crippen LogP contribution in [0, 0.1) is 11.6 Å². The third-order valence-electron chi connectivity index (χ3n) is 4.27. The number of hydrogen-bond donors (Lipinski definition) is 1. The Bertz CT molecular complexity index is 638. The summed E-state index contributed by atoms with van der Waals surface area (Å²) in [7, 11) is 0. The van der Waals surface area contributed by atoms with Crippen molar-refractivity contribution in [2.45, 2.75) is 12.5 Å². The summed E-state index contributed by atoms with van der Waals surface area (Å²) in [5, 5.41) is 3.15. The van der Waals surface area contributed by atoms with Crippen LogP contribution >= 0.6 is 11.8 Å². The lowest BCUT2D eigenvalue weighted by Gasteiger charge is -2.24. The summed E-state index contributed by atoms with van der Waals surface area (Å²) in [5.41, 5.74) is -0.261. The minimum absolute atomic E-state index is 0.0474. The number of amides is 2. The van der Waals surface area contributed by atoms with Gasteiger partial charge in [-0.3, -0.25) is 14.9 Å². The molecule has 1 atom stereocenters. The van der Waals surface area contributed by atoms with E-state index in [9.17, 15) is 18.4 Å². The fourth-order valence-corrected chi connectivity index (χ4v) is 3.88. The van der Waals surface area contributed by atoms with E-state index in [0.717, 1.165) is 29.8 Å². The predicted molar refractivity (Wildman–Crippen MR) is 87.7 cm³/mol. The molecule has 1 aromatic carbocycles. The van der Waals surface area contributed by atoms with Crippen LogP contribution in [-0.2, 0) is 4.79 Å². The van der Waals surface area contributed by atoms with Crippen LogP contribution in [0.4, 0.5) is 8.78 Å². The highest BCUT2D eigenvalue weighted by Gasteiger charge is 2.30. The Kier molecular flexibility index (Phi) is 5.35. The monoisotopic (exact) mass is 355 g/mol. The Morgan fingerprint density at radius 3 is 2.62 bits per heavy atom. The third kappa shape index (κ3) is 3.70. The SMILES string of the molecule is O=C(c1cc(F)ccc1F)N1CCCN(C(=O)C2CSCN2)CC1. The van der Waals surface area contributed by atoms with Gasteiger partial charge in [0.2, 0.25) is 5.91 Å². The molecular formula is C16H19F2N3O2S. The van der Waals surface area contributed by atoms with E-state index in [1.807, 2.05) is 0 Å². The lowest BCUT2D eigenvalue weighted by atomic mass is 10.1. The molecule has 2 saturated heterocycles. The molecular weight excluding hydrogens is 336 g/mol. The minimum atomic E-state index is -0.731. The molecule has 0 saturated carbocycles. The molecule has 0 bridgehead atoms. The van der Waals surface area contributed by atoms with Crippen LogP contribution in [0.1, 0.15) is 16.8 Å². The maximum atomic E-state index is 13.8. The second-order valence-electron chi connectivity index (χ2n) is 5.87. The quantitative estimate of drug-likeness (QED) is 0.869. The molecule has 0 aromatic heterocycles. The first-order chi connectivity index (χ1) is 11.6. The molecule has 2 amide bonds. The van der Waals surface area contributed by atoms with Gasteiger partial charge in [0.15, 0.2) is 0 Å². The lowest BCUT2D eigenvalue weighted by Crippen LogP contribution is -2.46. The van der Waals surface area contributed by atoms with Gasteiger partial charge in [0.1, 0.15) is 11.6 Å². The lowest BCUT2D eigenvalue weighted by molar-refractivity contribution is -0.132. The summed E-state index contributed by atoms with van der Waals surface area (Å²) >= 11 is 1.69. The first-order valence-electron chi connectivity index (χ1n) is 7.90. The van der Waals surface area contributed by atoms with Gasteiger partial charge in [0, 0.05) is 37.8 Å². The summed E-state index contributed by atoms with van der Waals surface area (Å²) in [6, 6.07) is 2.70. The van der Waals surface area contributed by atoms with Gasteiger partial charge in [0.05, 0.1) is 11.6 Å². The molecule has 0 aliphatic carbocycles. The van der Waals surface area contributed by atoms with E-state index in [4.69, 9.17) is 0 Å². The van der Waals surface area contributed by atoms with E-state index in [1.54, 1.807) is 16.7 Å². The predicted octanol–water partition coefficient (Wildman–Crippen LogP) is 1.30. The van der Waals surface area contributed by atoms with Crippen molar-refractivity contribution in [1.29, 1.82) is 0 Å². The van der Waals surface area contributed by atoms with Crippen LogP contribution in [0.5, 0.6) is 0 Å². The van der Waals surface area contributed by atoms with Crippen LogP contribution < -0.4 is 5.32 Å². The summed E-state index contributed by atoms with van der Waals surface area (Å²) < 4.78 is 27.1. The molecule has 0 spiro atoms. The first-order valence-corrected chi connectivity index (χ1v) is 9.06. The van der Waals surface area contributed by atoms with E-state index in [2.05, 4.69) is 5.32 Å². The smallest absolute Gasteiger partial charge is 0.256 e. The van der Waals surface area contributed by atoms with E-state index in [0.29, 0.717) is 32.6 Å². The van der Waals surface area contributed by atoms with E-state index >= 15 is 0 Å². The zero-order valence-electron chi connectivity index (χ0n) is 13.1. The number of benzene rings is 1. The van der Waals surface area contributed by atoms with Crippen LogP contribution in [0.3, 0.4) is 0 Å². The average Bonchev–Trinajstić information content (AvgIpc) is 3.00. The molecule has 2 aliphatic heterocycles. The fraction of sp³-hybridized carbons (Fsp3) is 0.500. The highest BCUT2D eigenvalue weighted by molar-refractivity contribution is 7.99. The molecule has 5 nitrogen and oxygen atoms in total. The zero-order valence-corrected chi connectivity index (χ0v) is 14.0. The summed E-state index contributed by atoms with van der Waals surface area (Å²) in [5.74, 6) is -0.329. The van der Waals surface area contributed by atoms with E-state index < -0.39 is 17.5 Å². The number of nitrogens with zero attached hydrogens (tertiary/aromatic N) is 2. The molecule has 130 valence electrons. The fourth-order valence-electron chi connectivity index (χ4n) is 2.95. The number of thioether (sulfide) groups is 1. The Morgan fingerprint density at radius 1 is 1.12 bits per heavy atom. The molecule has 2 aliphatic rings. The minimum Gasteiger partial charge on any atom is -0.339 e. The molecule has 2 heterocycles. The van der Waals surface area contributed by atoms with Gasteiger partial charge in [-0.05, 0) is 24.6 Å². The van der Waals surface area contributed by atoms with Crippen molar-refractivity contribution < 1.29 is 18.4 Å². The summed E-state index contributed by atoms with van der Waals surface area (Å²) in [4.78, 5) is 28.1. The number of carbonyl (C=O) groups is 2. The van der Waals surface area contributed by atoms with Crippen molar-refractivity contribution in [1.82, 2.24) is 15.1 Å². The van der Waals surface area contributed by atoms with Gasteiger partial charge in [0.25, 0.3) is 5.91 Å². The molecule has 2 fully saturated rings. The zero-order chi connectivity index (χ0) is 17.1. The highest BCUT2D eigenvalue weighted by Crippen LogP contribution is 2.16. The van der Waals surface area contributed by atoms with Crippen molar-refractivity contribution in [3.05, 3.63) is 35.4 Å². The van der Waals surface area contributed by atoms with E-state index in [1.165, 1.54) is 4.90 Å². The number of carbonyl (C=O) groups excluding carboxylic acids is 2. The van der Waals surface area contributed by atoms with Crippen molar-refractivity contribution in [3.63, 3.8) is 0 Å². The maximum absolute atomic E-state index is 13.8. The third-order valence-corrected chi connectivity index (χ3v) is 5.21. The largest absolute Gasteiger partial charge is 0.339 e. The van der Waals surface area contributed by atoms with Crippen molar-refractivity contribution >= 4 is 23.6 Å².